The van der Waals surface area contributed by atoms with Crippen molar-refractivity contribution in [1.82, 2.24) is 10.2 Å². The van der Waals surface area contributed by atoms with Crippen LogP contribution in [0, 0.1) is 5.82 Å². The Bertz CT molecular complexity index is 750. The highest BCUT2D eigenvalue weighted by atomic mass is 19.1. The lowest BCUT2D eigenvalue weighted by atomic mass is 10.1. The quantitative estimate of drug-likeness (QED) is 0.834. The molecule has 0 saturated carbocycles. The van der Waals surface area contributed by atoms with E-state index in [1.165, 1.54) is 24.3 Å². The summed E-state index contributed by atoms with van der Waals surface area (Å²) in [6, 6.07) is 6.24. The van der Waals surface area contributed by atoms with Gasteiger partial charge < -0.3 is 14.4 Å². The molecule has 1 saturated heterocycles. The summed E-state index contributed by atoms with van der Waals surface area (Å²) >= 11 is 0. The van der Waals surface area contributed by atoms with Gasteiger partial charge in [0.05, 0.1) is 25.5 Å². The van der Waals surface area contributed by atoms with Gasteiger partial charge in [0.15, 0.2) is 6.10 Å². The van der Waals surface area contributed by atoms with Crippen LogP contribution >= 0.6 is 0 Å². The molecule has 0 spiro atoms. The topological polar surface area (TPSA) is 84.5 Å². The van der Waals surface area contributed by atoms with Crippen LogP contribution in [0.2, 0.25) is 0 Å². The third-order valence-electron chi connectivity index (χ3n) is 4.11. The van der Waals surface area contributed by atoms with Gasteiger partial charge in [-0.1, -0.05) is 18.2 Å². The number of methoxy groups -OCH3 is 1. The van der Waals surface area contributed by atoms with Crippen LogP contribution in [0.3, 0.4) is 0 Å². The van der Waals surface area contributed by atoms with Crippen LogP contribution in [0.1, 0.15) is 18.4 Å². The van der Waals surface area contributed by atoms with Gasteiger partial charge in [-0.05, 0) is 18.9 Å². The molecule has 1 aromatic heterocycles. The molecule has 2 heterocycles. The lowest BCUT2D eigenvalue weighted by molar-refractivity contribution is -0.154. The normalized spacial score (nSPS) is 19.6. The predicted octanol–water partition coefficient (Wildman–Crippen LogP) is 1.80. The SMILES string of the molecule is COC(=O)[C@H]1CC[C@@H](C(=O)N(Cc2ccccc2F)c2cn[nH]c2)O1. The van der Waals surface area contributed by atoms with E-state index in [0.717, 1.165) is 0 Å². The molecule has 1 fully saturated rings. The zero-order valence-corrected chi connectivity index (χ0v) is 13.6. The second kappa shape index (κ2) is 7.43. The maximum Gasteiger partial charge on any atom is 0.335 e. The standard InChI is InChI=1S/C17H18FN3O4/c1-24-17(23)15-7-6-14(25-15)16(22)21(12-8-19-20-9-12)10-11-4-2-3-5-13(11)18/h2-5,8-9,14-15H,6-7,10H2,1H3,(H,19,20)/t14-,15+/m0/s1. The first-order valence-electron chi connectivity index (χ1n) is 7.87. The molecule has 25 heavy (non-hydrogen) atoms. The Hall–Kier alpha value is -2.74. The lowest BCUT2D eigenvalue weighted by Crippen LogP contribution is -2.39. The summed E-state index contributed by atoms with van der Waals surface area (Å²) in [6.07, 6.45) is 2.29. The highest BCUT2D eigenvalue weighted by molar-refractivity contribution is 5.96. The minimum Gasteiger partial charge on any atom is -0.467 e. The van der Waals surface area contributed by atoms with Crippen molar-refractivity contribution >= 4 is 17.6 Å². The maximum absolute atomic E-state index is 14.0. The molecule has 7 nitrogen and oxygen atoms in total. The Kier molecular flexibility index (Phi) is 5.08. The Morgan fingerprint density at radius 3 is 2.80 bits per heavy atom. The van der Waals surface area contributed by atoms with Crippen LogP contribution in [0.25, 0.3) is 0 Å². The first kappa shape index (κ1) is 17.1. The van der Waals surface area contributed by atoms with Gasteiger partial charge >= 0.3 is 5.97 Å². The summed E-state index contributed by atoms with van der Waals surface area (Å²) in [5.74, 6) is -1.25. The molecule has 2 atom stereocenters. The number of benzene rings is 1. The van der Waals surface area contributed by atoms with Crippen LogP contribution in [0.4, 0.5) is 10.1 Å². The number of H-pyrrole nitrogens is 1. The van der Waals surface area contributed by atoms with Crippen molar-refractivity contribution in [2.45, 2.75) is 31.6 Å². The number of aromatic nitrogens is 2. The Morgan fingerprint density at radius 1 is 1.36 bits per heavy atom. The zero-order valence-electron chi connectivity index (χ0n) is 13.6. The molecule has 132 valence electrons. The van der Waals surface area contributed by atoms with Gasteiger partial charge in [0, 0.05) is 11.8 Å². The molecular formula is C17H18FN3O4. The summed E-state index contributed by atoms with van der Waals surface area (Å²) in [7, 11) is 1.27. The van der Waals surface area contributed by atoms with Crippen molar-refractivity contribution < 1.29 is 23.5 Å². The fourth-order valence-electron chi connectivity index (χ4n) is 2.78. The molecule has 1 aliphatic heterocycles. The van der Waals surface area contributed by atoms with E-state index in [0.29, 0.717) is 24.1 Å². The molecule has 1 aliphatic rings. The van der Waals surface area contributed by atoms with E-state index in [1.807, 2.05) is 0 Å². The zero-order chi connectivity index (χ0) is 17.8. The van der Waals surface area contributed by atoms with Crippen LogP contribution in [-0.4, -0.2) is 41.4 Å². The number of nitrogens with one attached hydrogen (secondary N) is 1. The van der Waals surface area contributed by atoms with E-state index in [9.17, 15) is 14.0 Å². The molecule has 2 aromatic rings. The largest absolute Gasteiger partial charge is 0.467 e. The first-order chi connectivity index (χ1) is 12.1. The van der Waals surface area contributed by atoms with Crippen LogP contribution in [0.15, 0.2) is 36.7 Å². The highest BCUT2D eigenvalue weighted by Gasteiger charge is 2.38. The van der Waals surface area contributed by atoms with Crippen molar-refractivity contribution in [3.05, 3.63) is 48.0 Å². The number of anilines is 1. The molecule has 8 heteroatoms. The number of carbonyl (C=O) groups excluding carboxylic acids is 2. The smallest absolute Gasteiger partial charge is 0.335 e. The van der Waals surface area contributed by atoms with Crippen molar-refractivity contribution in [1.29, 1.82) is 0 Å². The fraction of sp³-hybridized carbons (Fsp3) is 0.353. The Balaban J connectivity index is 1.80. The second-order valence-corrected chi connectivity index (χ2v) is 5.69. The number of aromatic amines is 1. The van der Waals surface area contributed by atoms with Gasteiger partial charge in [-0.25, -0.2) is 9.18 Å². The number of ether oxygens (including phenoxy) is 2. The van der Waals surface area contributed by atoms with Crippen molar-refractivity contribution in [3.63, 3.8) is 0 Å². The van der Waals surface area contributed by atoms with E-state index in [-0.39, 0.29) is 12.5 Å². The Labute approximate surface area is 143 Å². The third-order valence-corrected chi connectivity index (χ3v) is 4.11. The number of nitrogens with zero attached hydrogens (tertiary/aromatic N) is 2. The molecule has 1 aromatic carbocycles. The van der Waals surface area contributed by atoms with Gasteiger partial charge in [0.25, 0.3) is 5.91 Å². The minimum atomic E-state index is -0.786. The first-order valence-corrected chi connectivity index (χ1v) is 7.87. The van der Waals surface area contributed by atoms with Gasteiger partial charge in [0.2, 0.25) is 0 Å². The Morgan fingerprint density at radius 2 is 2.12 bits per heavy atom. The molecule has 1 amide bonds. The van der Waals surface area contributed by atoms with Gasteiger partial charge in [-0.2, -0.15) is 5.10 Å². The fourth-order valence-corrected chi connectivity index (χ4v) is 2.78. The molecule has 0 unspecified atom stereocenters. The molecule has 0 bridgehead atoms. The number of halogens is 1. The van der Waals surface area contributed by atoms with Gasteiger partial charge in [-0.15, -0.1) is 0 Å². The predicted molar refractivity (Wildman–Crippen MR) is 86.1 cm³/mol. The summed E-state index contributed by atoms with van der Waals surface area (Å²) in [5.41, 5.74) is 0.873. The molecule has 0 radical (unpaired) electrons. The highest BCUT2D eigenvalue weighted by Crippen LogP contribution is 2.26. The maximum atomic E-state index is 14.0. The van der Waals surface area contributed by atoms with E-state index >= 15 is 0 Å². The van der Waals surface area contributed by atoms with Crippen molar-refractivity contribution in [2.24, 2.45) is 0 Å². The minimum absolute atomic E-state index is 0.0355. The third kappa shape index (κ3) is 3.69. The molecule has 1 N–H and O–H groups in total. The van der Waals surface area contributed by atoms with E-state index in [1.54, 1.807) is 24.4 Å². The second-order valence-electron chi connectivity index (χ2n) is 5.69. The van der Waals surface area contributed by atoms with Crippen LogP contribution in [0.5, 0.6) is 0 Å². The average Bonchev–Trinajstić information content (AvgIpc) is 3.31. The monoisotopic (exact) mass is 347 g/mol. The number of hydrogen-bond acceptors (Lipinski definition) is 5. The summed E-state index contributed by atoms with van der Waals surface area (Å²) < 4.78 is 24.2. The van der Waals surface area contributed by atoms with E-state index < -0.39 is 24.0 Å². The summed E-state index contributed by atoms with van der Waals surface area (Å²) in [4.78, 5) is 25.9. The summed E-state index contributed by atoms with van der Waals surface area (Å²) in [6.45, 7) is 0.0355. The number of carbonyl (C=O) groups is 2. The lowest BCUT2D eigenvalue weighted by Gasteiger charge is -2.24. The number of hydrogen-bond donors (Lipinski definition) is 1. The van der Waals surface area contributed by atoms with E-state index in [2.05, 4.69) is 14.9 Å². The van der Waals surface area contributed by atoms with E-state index in [4.69, 9.17) is 4.74 Å². The molecule has 3 rings (SSSR count). The summed E-state index contributed by atoms with van der Waals surface area (Å²) in [5, 5.41) is 6.48. The average molecular weight is 347 g/mol. The van der Waals surface area contributed by atoms with Crippen LogP contribution < -0.4 is 4.90 Å². The number of rotatable bonds is 5. The molecular weight excluding hydrogens is 329 g/mol. The van der Waals surface area contributed by atoms with Crippen molar-refractivity contribution in [2.75, 3.05) is 12.0 Å². The number of amides is 1. The van der Waals surface area contributed by atoms with Gasteiger partial charge in [0.1, 0.15) is 11.9 Å². The van der Waals surface area contributed by atoms with Crippen molar-refractivity contribution in [3.8, 4) is 0 Å². The van der Waals surface area contributed by atoms with Gasteiger partial charge in [-0.3, -0.25) is 9.89 Å². The molecule has 0 aliphatic carbocycles. The number of esters is 1. The van der Waals surface area contributed by atoms with Crippen LogP contribution in [-0.2, 0) is 25.6 Å².